The van der Waals surface area contributed by atoms with Crippen LogP contribution in [0.25, 0.3) is 0 Å². The smallest absolute Gasteiger partial charge is 0.242 e. The number of nitrogens with one attached hydrogen (secondary N) is 1. The number of amides is 2. The highest BCUT2D eigenvalue weighted by atomic mass is 16.4. The van der Waals surface area contributed by atoms with Crippen molar-refractivity contribution in [2.24, 2.45) is 0 Å². The van der Waals surface area contributed by atoms with Gasteiger partial charge in [0.05, 0.1) is 13.1 Å². The third-order valence-corrected chi connectivity index (χ3v) is 3.96. The molecule has 1 aliphatic rings. The molecule has 0 radical (unpaired) electrons. The molecule has 7 nitrogen and oxygen atoms in total. The van der Waals surface area contributed by atoms with Gasteiger partial charge in [-0.05, 0) is 18.1 Å². The summed E-state index contributed by atoms with van der Waals surface area (Å²) in [5.41, 5.74) is 1.96. The Hall–Kier alpha value is -2.70. The molecule has 0 unspecified atom stereocenters. The Kier molecular flexibility index (Phi) is 4.88. The molecule has 126 valence electrons. The maximum Gasteiger partial charge on any atom is 0.242 e. The summed E-state index contributed by atoms with van der Waals surface area (Å²) in [6, 6.07) is 3.94. The zero-order valence-corrected chi connectivity index (χ0v) is 13.6. The second kappa shape index (κ2) is 7.25. The minimum Gasteiger partial charge on any atom is -0.445 e. The summed E-state index contributed by atoms with van der Waals surface area (Å²) in [4.78, 5) is 33.3. The van der Waals surface area contributed by atoms with Crippen molar-refractivity contribution in [1.82, 2.24) is 20.2 Å². The highest BCUT2D eigenvalue weighted by Crippen LogP contribution is 2.20. The molecule has 1 N–H and O–H groups in total. The van der Waals surface area contributed by atoms with E-state index in [-0.39, 0.29) is 18.4 Å². The molecule has 0 saturated heterocycles. The fourth-order valence-electron chi connectivity index (χ4n) is 2.68. The molecule has 0 spiro atoms. The second-order valence-corrected chi connectivity index (χ2v) is 5.81. The Labute approximate surface area is 140 Å². The van der Waals surface area contributed by atoms with Crippen LogP contribution in [0.1, 0.15) is 29.8 Å². The highest BCUT2D eigenvalue weighted by Gasteiger charge is 2.25. The van der Waals surface area contributed by atoms with E-state index in [0.29, 0.717) is 31.8 Å². The molecule has 0 aliphatic carbocycles. The predicted molar refractivity (Wildman–Crippen MR) is 86.0 cm³/mol. The van der Waals surface area contributed by atoms with Gasteiger partial charge in [-0.15, -0.1) is 0 Å². The summed E-state index contributed by atoms with van der Waals surface area (Å²) in [6.45, 7) is 2.44. The molecule has 0 atom stereocenters. The van der Waals surface area contributed by atoms with Crippen LogP contribution in [0.15, 0.2) is 28.9 Å². The van der Waals surface area contributed by atoms with Crippen LogP contribution in [-0.2, 0) is 35.4 Å². The number of nitrogens with zero attached hydrogens (tertiary/aromatic N) is 3. The van der Waals surface area contributed by atoms with E-state index in [9.17, 15) is 9.59 Å². The Bertz CT molecular complexity index is 727. The van der Waals surface area contributed by atoms with Crippen LogP contribution in [0.2, 0.25) is 0 Å². The van der Waals surface area contributed by atoms with Gasteiger partial charge in [0.2, 0.25) is 11.8 Å². The van der Waals surface area contributed by atoms with Gasteiger partial charge in [-0.3, -0.25) is 14.6 Å². The molecular weight excluding hydrogens is 308 g/mol. The lowest BCUT2D eigenvalue weighted by Crippen LogP contribution is -2.42. The normalized spacial score (nSPS) is 13.5. The van der Waals surface area contributed by atoms with Gasteiger partial charge in [-0.25, -0.2) is 4.98 Å². The van der Waals surface area contributed by atoms with E-state index in [2.05, 4.69) is 15.3 Å². The third kappa shape index (κ3) is 3.98. The maximum absolute atomic E-state index is 12.1. The number of aryl methyl sites for hydroxylation is 2. The fourth-order valence-corrected chi connectivity index (χ4v) is 2.68. The SMILES string of the molecule is CC(=O)NCC(=O)N1CCc2oc(CCc3cccnc3)nc2C1. The van der Waals surface area contributed by atoms with Crippen LogP contribution in [0, 0.1) is 0 Å². The van der Waals surface area contributed by atoms with Crippen LogP contribution in [0.3, 0.4) is 0 Å². The summed E-state index contributed by atoms with van der Waals surface area (Å²) < 4.78 is 5.81. The number of carbonyl (C=O) groups is 2. The molecule has 0 fully saturated rings. The highest BCUT2D eigenvalue weighted by molar-refractivity contribution is 5.83. The molecule has 3 heterocycles. The van der Waals surface area contributed by atoms with Crippen molar-refractivity contribution in [3.63, 3.8) is 0 Å². The number of hydrogen-bond donors (Lipinski definition) is 1. The van der Waals surface area contributed by atoms with Gasteiger partial charge in [0.1, 0.15) is 11.5 Å². The van der Waals surface area contributed by atoms with Crippen molar-refractivity contribution in [1.29, 1.82) is 0 Å². The van der Waals surface area contributed by atoms with E-state index in [4.69, 9.17) is 4.42 Å². The van der Waals surface area contributed by atoms with Gasteiger partial charge >= 0.3 is 0 Å². The Morgan fingerprint density at radius 3 is 3.00 bits per heavy atom. The molecule has 1 aliphatic heterocycles. The zero-order valence-electron chi connectivity index (χ0n) is 13.6. The molecule has 24 heavy (non-hydrogen) atoms. The van der Waals surface area contributed by atoms with Crippen LogP contribution >= 0.6 is 0 Å². The predicted octanol–water partition coefficient (Wildman–Crippen LogP) is 0.876. The van der Waals surface area contributed by atoms with Crippen molar-refractivity contribution in [2.75, 3.05) is 13.1 Å². The average Bonchev–Trinajstić information content (AvgIpc) is 3.00. The van der Waals surface area contributed by atoms with Gasteiger partial charge in [0.25, 0.3) is 0 Å². The van der Waals surface area contributed by atoms with Gasteiger partial charge in [0, 0.05) is 38.7 Å². The minimum absolute atomic E-state index is 0.0242. The Morgan fingerprint density at radius 2 is 2.25 bits per heavy atom. The van der Waals surface area contributed by atoms with E-state index in [1.54, 1.807) is 11.1 Å². The average molecular weight is 328 g/mol. The first-order valence-electron chi connectivity index (χ1n) is 8.00. The number of aromatic nitrogens is 2. The number of rotatable bonds is 5. The van der Waals surface area contributed by atoms with E-state index in [1.165, 1.54) is 6.92 Å². The van der Waals surface area contributed by atoms with E-state index in [0.717, 1.165) is 23.4 Å². The summed E-state index contributed by atoms with van der Waals surface area (Å²) in [5, 5.41) is 2.53. The molecule has 2 aromatic rings. The van der Waals surface area contributed by atoms with Crippen LogP contribution in [-0.4, -0.2) is 39.8 Å². The second-order valence-electron chi connectivity index (χ2n) is 5.81. The van der Waals surface area contributed by atoms with Gasteiger partial charge in [-0.1, -0.05) is 6.07 Å². The van der Waals surface area contributed by atoms with Crippen molar-refractivity contribution in [2.45, 2.75) is 32.7 Å². The van der Waals surface area contributed by atoms with Crippen molar-refractivity contribution in [3.05, 3.63) is 47.4 Å². The van der Waals surface area contributed by atoms with Crippen molar-refractivity contribution >= 4 is 11.8 Å². The third-order valence-electron chi connectivity index (χ3n) is 3.96. The van der Waals surface area contributed by atoms with Gasteiger partial charge < -0.3 is 14.6 Å². The van der Waals surface area contributed by atoms with Crippen molar-refractivity contribution < 1.29 is 14.0 Å². The van der Waals surface area contributed by atoms with Crippen LogP contribution in [0.5, 0.6) is 0 Å². The molecule has 2 amide bonds. The molecule has 2 aromatic heterocycles. The first-order valence-corrected chi connectivity index (χ1v) is 8.00. The van der Waals surface area contributed by atoms with E-state index < -0.39 is 0 Å². The lowest BCUT2D eigenvalue weighted by molar-refractivity contribution is -0.133. The molecule has 0 aromatic carbocycles. The van der Waals surface area contributed by atoms with E-state index >= 15 is 0 Å². The Morgan fingerprint density at radius 1 is 1.38 bits per heavy atom. The molecular formula is C17H20N4O3. The number of carbonyl (C=O) groups excluding carboxylic acids is 2. The van der Waals surface area contributed by atoms with E-state index in [1.807, 2.05) is 18.3 Å². The first-order chi connectivity index (χ1) is 11.6. The quantitative estimate of drug-likeness (QED) is 0.880. The molecule has 0 saturated carbocycles. The molecule has 0 bridgehead atoms. The molecule has 3 rings (SSSR count). The van der Waals surface area contributed by atoms with Crippen LogP contribution < -0.4 is 5.32 Å². The first kappa shape index (κ1) is 16.2. The lowest BCUT2D eigenvalue weighted by atomic mass is 10.1. The fraction of sp³-hybridized carbons (Fsp3) is 0.412. The van der Waals surface area contributed by atoms with Crippen molar-refractivity contribution in [3.8, 4) is 0 Å². The van der Waals surface area contributed by atoms with Gasteiger partial charge in [-0.2, -0.15) is 0 Å². The summed E-state index contributed by atoms with van der Waals surface area (Å²) in [5.74, 6) is 1.25. The standard InChI is InChI=1S/C17H20N4O3/c1-12(22)19-10-17(23)21-8-6-15-14(11-21)20-16(24-15)5-4-13-3-2-7-18-9-13/h2-3,7,9H,4-6,8,10-11H2,1H3,(H,19,22). The Balaban J connectivity index is 1.58. The monoisotopic (exact) mass is 328 g/mol. The lowest BCUT2D eigenvalue weighted by Gasteiger charge is -2.25. The number of fused-ring (bicyclic) bond motifs is 1. The van der Waals surface area contributed by atoms with Crippen LogP contribution in [0.4, 0.5) is 0 Å². The largest absolute Gasteiger partial charge is 0.445 e. The van der Waals surface area contributed by atoms with Gasteiger partial charge in [0.15, 0.2) is 5.89 Å². The zero-order chi connectivity index (χ0) is 16.9. The maximum atomic E-state index is 12.1. The summed E-state index contributed by atoms with van der Waals surface area (Å²) in [6.07, 6.45) is 5.77. The topological polar surface area (TPSA) is 88.3 Å². The number of oxazole rings is 1. The summed E-state index contributed by atoms with van der Waals surface area (Å²) >= 11 is 0. The minimum atomic E-state index is -0.208. The number of hydrogen-bond acceptors (Lipinski definition) is 5. The molecule has 7 heteroatoms. The summed E-state index contributed by atoms with van der Waals surface area (Å²) in [7, 11) is 0. The number of pyridine rings is 1.